The molecule has 0 heterocycles. The molecule has 0 aliphatic heterocycles. The second-order valence-corrected chi connectivity index (χ2v) is 9.07. The van der Waals surface area contributed by atoms with Gasteiger partial charge in [-0.2, -0.15) is 0 Å². The molecule has 2 aromatic rings. The quantitative estimate of drug-likeness (QED) is 0.530. The van der Waals surface area contributed by atoms with E-state index < -0.39 is 17.6 Å². The number of amides is 2. The Morgan fingerprint density at radius 2 is 1.64 bits per heavy atom. The zero-order valence-electron chi connectivity index (χ0n) is 18.9. The van der Waals surface area contributed by atoms with E-state index in [9.17, 15) is 14.4 Å². The minimum atomic E-state index is -0.826. The summed E-state index contributed by atoms with van der Waals surface area (Å²) in [6.07, 6.45) is 2.51. The summed E-state index contributed by atoms with van der Waals surface area (Å²) in [7, 11) is 1.71. The number of carbonyl (C=O) groups is 3. The van der Waals surface area contributed by atoms with Crippen LogP contribution in [0.4, 0.5) is 4.79 Å². The van der Waals surface area contributed by atoms with Crippen LogP contribution in [0.5, 0.6) is 0 Å². The molecule has 0 radical (unpaired) electrons. The van der Waals surface area contributed by atoms with Gasteiger partial charge in [-0.25, -0.2) is 4.79 Å². The molecule has 0 saturated heterocycles. The van der Waals surface area contributed by atoms with Crippen LogP contribution in [0.1, 0.15) is 55.6 Å². The van der Waals surface area contributed by atoms with Gasteiger partial charge in [-0.1, -0.05) is 48.5 Å². The Labute approximate surface area is 193 Å². The highest BCUT2D eigenvalue weighted by atomic mass is 16.5. The van der Waals surface area contributed by atoms with E-state index in [-0.39, 0.29) is 31.3 Å². The van der Waals surface area contributed by atoms with Crippen LogP contribution in [0.15, 0.2) is 48.5 Å². The maximum absolute atomic E-state index is 12.6. The Morgan fingerprint density at radius 3 is 2.21 bits per heavy atom. The van der Waals surface area contributed by atoms with Crippen molar-refractivity contribution in [1.82, 2.24) is 10.2 Å². The number of nitrogens with one attached hydrogen (secondary N) is 1. The van der Waals surface area contributed by atoms with Gasteiger partial charge in [-0.15, -0.1) is 0 Å². The topological polar surface area (TPSA) is 95.9 Å². The van der Waals surface area contributed by atoms with Crippen LogP contribution in [0.25, 0.3) is 11.1 Å². The van der Waals surface area contributed by atoms with Crippen molar-refractivity contribution in [3.8, 4) is 11.1 Å². The summed E-state index contributed by atoms with van der Waals surface area (Å²) in [4.78, 5) is 37.4. The number of rotatable bonds is 10. The average molecular weight is 451 g/mol. The summed E-state index contributed by atoms with van der Waals surface area (Å²) < 4.78 is 5.63. The predicted octanol–water partition coefficient (Wildman–Crippen LogP) is 4.16. The van der Waals surface area contributed by atoms with Crippen molar-refractivity contribution in [2.45, 2.75) is 50.0 Å². The molecule has 174 valence electrons. The number of hydrogen-bond donors (Lipinski definition) is 2. The van der Waals surface area contributed by atoms with Crippen molar-refractivity contribution >= 4 is 18.0 Å². The molecule has 4 rings (SSSR count). The molecule has 0 unspecified atom stereocenters. The van der Waals surface area contributed by atoms with Crippen LogP contribution in [-0.2, 0) is 14.3 Å². The number of carboxylic acid groups (broad SMARTS) is 1. The molecule has 1 saturated carbocycles. The molecule has 0 aromatic heterocycles. The molecule has 2 N–H and O–H groups in total. The van der Waals surface area contributed by atoms with Crippen molar-refractivity contribution in [3.05, 3.63) is 59.7 Å². The van der Waals surface area contributed by atoms with E-state index in [2.05, 4.69) is 29.6 Å². The monoisotopic (exact) mass is 450 g/mol. The first-order valence-electron chi connectivity index (χ1n) is 11.5. The lowest BCUT2D eigenvalue weighted by Gasteiger charge is -2.22. The Kier molecular flexibility index (Phi) is 6.67. The first kappa shape index (κ1) is 22.8. The van der Waals surface area contributed by atoms with Crippen LogP contribution < -0.4 is 5.32 Å². The zero-order valence-corrected chi connectivity index (χ0v) is 18.9. The Balaban J connectivity index is 1.28. The lowest BCUT2D eigenvalue weighted by atomic mass is 9.98. The summed E-state index contributed by atoms with van der Waals surface area (Å²) >= 11 is 0. The van der Waals surface area contributed by atoms with Gasteiger partial charge < -0.3 is 20.1 Å². The fourth-order valence-corrected chi connectivity index (χ4v) is 4.52. The lowest BCUT2D eigenvalue weighted by Crippen LogP contribution is -2.42. The second-order valence-electron chi connectivity index (χ2n) is 9.07. The standard InChI is InChI=1S/C26H30N2O5/c1-28(15-7-6-12-24(30)31)23(29)16-26(13-14-26)27-25(32)33-17-22-20-10-4-2-8-18(20)19-9-3-5-11-21(19)22/h2-5,8-11,22H,6-7,12-17H2,1H3,(H,27,32)(H,30,31). The molecule has 2 amide bonds. The predicted molar refractivity (Wildman–Crippen MR) is 124 cm³/mol. The second kappa shape index (κ2) is 9.65. The van der Waals surface area contributed by atoms with E-state index in [0.717, 1.165) is 24.0 Å². The summed E-state index contributed by atoms with van der Waals surface area (Å²) in [5.74, 6) is -0.883. The van der Waals surface area contributed by atoms with Gasteiger partial charge >= 0.3 is 12.1 Å². The molecule has 7 nitrogen and oxygen atoms in total. The molecule has 0 atom stereocenters. The molecule has 7 heteroatoms. The van der Waals surface area contributed by atoms with Gasteiger partial charge in [-0.3, -0.25) is 9.59 Å². The van der Waals surface area contributed by atoms with Gasteiger partial charge in [0.2, 0.25) is 5.91 Å². The fraction of sp³-hybridized carbons (Fsp3) is 0.423. The molecule has 33 heavy (non-hydrogen) atoms. The normalized spacial score (nSPS) is 15.3. The number of carbonyl (C=O) groups excluding carboxylic acids is 2. The van der Waals surface area contributed by atoms with Gasteiger partial charge in [0.25, 0.3) is 0 Å². The minimum Gasteiger partial charge on any atom is -0.481 e. The molecular formula is C26H30N2O5. The summed E-state index contributed by atoms with van der Waals surface area (Å²) in [5.41, 5.74) is 4.14. The Morgan fingerprint density at radius 1 is 1.03 bits per heavy atom. The van der Waals surface area contributed by atoms with Crippen molar-refractivity contribution in [1.29, 1.82) is 0 Å². The molecule has 0 spiro atoms. The number of aliphatic carboxylic acids is 1. The summed E-state index contributed by atoms with van der Waals surface area (Å²) in [6, 6.07) is 16.4. The van der Waals surface area contributed by atoms with Crippen LogP contribution in [0.3, 0.4) is 0 Å². The van der Waals surface area contributed by atoms with E-state index >= 15 is 0 Å². The number of alkyl carbamates (subject to hydrolysis) is 1. The van der Waals surface area contributed by atoms with E-state index in [1.165, 1.54) is 11.1 Å². The Bertz CT molecular complexity index is 1000. The maximum Gasteiger partial charge on any atom is 0.407 e. The molecule has 1 fully saturated rings. The van der Waals surface area contributed by atoms with Gasteiger partial charge in [0.05, 0.1) is 12.0 Å². The minimum absolute atomic E-state index is 0.00290. The molecule has 2 aliphatic carbocycles. The van der Waals surface area contributed by atoms with Crippen molar-refractivity contribution < 1.29 is 24.2 Å². The van der Waals surface area contributed by atoms with Crippen molar-refractivity contribution in [3.63, 3.8) is 0 Å². The third kappa shape index (κ3) is 5.35. The van der Waals surface area contributed by atoms with Crippen LogP contribution >= 0.6 is 0 Å². The summed E-state index contributed by atoms with van der Waals surface area (Å²) in [5, 5.41) is 11.6. The average Bonchev–Trinajstić information content (AvgIpc) is 3.47. The zero-order chi connectivity index (χ0) is 23.4. The van der Waals surface area contributed by atoms with E-state index in [4.69, 9.17) is 9.84 Å². The molecule has 2 aromatic carbocycles. The summed E-state index contributed by atoms with van der Waals surface area (Å²) in [6.45, 7) is 0.751. The number of benzene rings is 2. The van der Waals surface area contributed by atoms with Crippen molar-refractivity contribution in [2.75, 3.05) is 20.2 Å². The van der Waals surface area contributed by atoms with Gasteiger partial charge in [0.15, 0.2) is 0 Å². The van der Waals surface area contributed by atoms with Crippen LogP contribution in [0.2, 0.25) is 0 Å². The first-order valence-corrected chi connectivity index (χ1v) is 11.5. The van der Waals surface area contributed by atoms with Gasteiger partial charge in [0.1, 0.15) is 6.61 Å². The number of nitrogens with zero attached hydrogens (tertiary/aromatic N) is 1. The van der Waals surface area contributed by atoms with Crippen LogP contribution in [0, 0.1) is 0 Å². The number of unbranched alkanes of at least 4 members (excludes halogenated alkanes) is 1. The first-order chi connectivity index (χ1) is 15.9. The smallest absolute Gasteiger partial charge is 0.407 e. The van der Waals surface area contributed by atoms with Crippen LogP contribution in [-0.4, -0.2) is 53.7 Å². The SMILES string of the molecule is CN(CCCCC(=O)O)C(=O)CC1(NC(=O)OCC2c3ccccc3-c3ccccc32)CC1. The van der Waals surface area contributed by atoms with Crippen molar-refractivity contribution in [2.24, 2.45) is 0 Å². The largest absolute Gasteiger partial charge is 0.481 e. The third-order valence-electron chi connectivity index (χ3n) is 6.61. The fourth-order valence-electron chi connectivity index (χ4n) is 4.52. The highest BCUT2D eigenvalue weighted by Crippen LogP contribution is 2.44. The highest BCUT2D eigenvalue weighted by Gasteiger charge is 2.46. The van der Waals surface area contributed by atoms with E-state index in [0.29, 0.717) is 19.4 Å². The third-order valence-corrected chi connectivity index (χ3v) is 6.61. The highest BCUT2D eigenvalue weighted by molar-refractivity contribution is 5.80. The Hall–Kier alpha value is -3.35. The van der Waals surface area contributed by atoms with E-state index in [1.54, 1.807) is 11.9 Å². The lowest BCUT2D eigenvalue weighted by molar-refractivity contribution is -0.137. The van der Waals surface area contributed by atoms with E-state index in [1.807, 2.05) is 24.3 Å². The maximum atomic E-state index is 12.6. The molecule has 2 aliphatic rings. The van der Waals surface area contributed by atoms with Gasteiger partial charge in [-0.05, 0) is 47.9 Å². The molecule has 0 bridgehead atoms. The van der Waals surface area contributed by atoms with Gasteiger partial charge in [0, 0.05) is 25.9 Å². The number of fused-ring (bicyclic) bond motifs is 3. The molecular weight excluding hydrogens is 420 g/mol. The number of hydrogen-bond acceptors (Lipinski definition) is 4. The number of ether oxygens (including phenoxy) is 1. The number of carboxylic acids is 1.